The summed E-state index contributed by atoms with van der Waals surface area (Å²) < 4.78 is 27.2. The van der Waals surface area contributed by atoms with Gasteiger partial charge in [-0.25, -0.2) is 8.78 Å². The van der Waals surface area contributed by atoms with Crippen molar-refractivity contribution in [1.82, 2.24) is 0 Å². The van der Waals surface area contributed by atoms with E-state index in [0.717, 1.165) is 5.75 Å². The van der Waals surface area contributed by atoms with Gasteiger partial charge in [-0.2, -0.15) is 0 Å². The van der Waals surface area contributed by atoms with Crippen LogP contribution >= 0.6 is 11.8 Å². The number of hydrogen-bond donors (Lipinski definition) is 1. The molecule has 0 fully saturated rings. The predicted molar refractivity (Wildman–Crippen MR) is 68.6 cm³/mol. The molecule has 0 saturated heterocycles. The lowest BCUT2D eigenvalue weighted by Crippen LogP contribution is -2.20. The van der Waals surface area contributed by atoms with Gasteiger partial charge in [-0.05, 0) is 24.5 Å². The molecule has 1 unspecified atom stereocenters. The number of benzene rings is 1. The zero-order chi connectivity index (χ0) is 12.4. The number of hydrogen-bond acceptors (Lipinski definition) is 3. The molecular formula is C12H14F2N2S. The van der Waals surface area contributed by atoms with Crippen LogP contribution in [0.5, 0.6) is 0 Å². The van der Waals surface area contributed by atoms with E-state index in [4.69, 9.17) is 0 Å². The Morgan fingerprint density at radius 2 is 2.18 bits per heavy atom. The highest BCUT2D eigenvalue weighted by molar-refractivity contribution is 8.14. The lowest BCUT2D eigenvalue weighted by molar-refractivity contribution is 0.585. The second-order valence-electron chi connectivity index (χ2n) is 4.24. The summed E-state index contributed by atoms with van der Waals surface area (Å²) in [5, 5.41) is 3.33. The Morgan fingerprint density at radius 1 is 1.41 bits per heavy atom. The van der Waals surface area contributed by atoms with Crippen LogP contribution in [0.2, 0.25) is 0 Å². The number of rotatable bonds is 1. The number of amidine groups is 1. The van der Waals surface area contributed by atoms with Crippen molar-refractivity contribution in [1.29, 1.82) is 0 Å². The van der Waals surface area contributed by atoms with E-state index in [2.05, 4.69) is 17.2 Å². The number of nitrogens with one attached hydrogen (secondary N) is 1. The van der Waals surface area contributed by atoms with E-state index >= 15 is 0 Å². The second-order valence-corrected chi connectivity index (χ2v) is 5.25. The maximum atomic E-state index is 13.7. The molecular weight excluding hydrogens is 242 g/mol. The molecule has 1 heterocycles. The highest BCUT2D eigenvalue weighted by Crippen LogP contribution is 2.25. The molecule has 0 radical (unpaired) electrons. The normalized spacial score (nSPS) is 20.0. The number of aryl methyl sites for hydroxylation is 1. The van der Waals surface area contributed by atoms with Gasteiger partial charge in [-0.1, -0.05) is 24.8 Å². The molecule has 0 bridgehead atoms. The van der Waals surface area contributed by atoms with Crippen molar-refractivity contribution in [3.05, 3.63) is 29.3 Å². The lowest BCUT2D eigenvalue weighted by Gasteiger charge is -2.18. The first-order valence-electron chi connectivity index (χ1n) is 5.47. The summed E-state index contributed by atoms with van der Waals surface area (Å²) in [6, 6.07) is 2.69. The van der Waals surface area contributed by atoms with E-state index in [0.29, 0.717) is 23.2 Å². The van der Waals surface area contributed by atoms with E-state index in [1.165, 1.54) is 23.9 Å². The van der Waals surface area contributed by atoms with Crippen molar-refractivity contribution in [2.45, 2.75) is 13.8 Å². The van der Waals surface area contributed by atoms with E-state index in [-0.39, 0.29) is 5.69 Å². The minimum Gasteiger partial charge on any atom is -0.330 e. The Morgan fingerprint density at radius 3 is 2.82 bits per heavy atom. The Labute approximate surface area is 104 Å². The monoisotopic (exact) mass is 256 g/mol. The Kier molecular flexibility index (Phi) is 3.66. The number of anilines is 1. The molecule has 5 heteroatoms. The topological polar surface area (TPSA) is 24.4 Å². The van der Waals surface area contributed by atoms with Crippen molar-refractivity contribution in [2.24, 2.45) is 10.9 Å². The minimum atomic E-state index is -0.588. The number of nitrogens with zero attached hydrogens (tertiary/aromatic N) is 1. The Balaban J connectivity index is 2.22. The summed E-state index contributed by atoms with van der Waals surface area (Å²) >= 11 is 1.49. The molecule has 2 nitrogen and oxygen atoms in total. The molecule has 1 aliphatic rings. The van der Waals surface area contributed by atoms with E-state index in [1.807, 2.05) is 0 Å². The standard InChI is InChI=1S/C12H14F2N2S/c1-7-5-15-12(17-6-7)16-11-9(13)4-3-8(2)10(11)14/h3-4,7H,5-6H2,1-2H3,(H,15,16). The van der Waals surface area contributed by atoms with Gasteiger partial charge in [0, 0.05) is 12.3 Å². The minimum absolute atomic E-state index is 0.106. The summed E-state index contributed by atoms with van der Waals surface area (Å²) in [6.07, 6.45) is 0. The van der Waals surface area contributed by atoms with Gasteiger partial charge in [0.05, 0.1) is 0 Å². The third kappa shape index (κ3) is 2.77. The van der Waals surface area contributed by atoms with Crippen molar-refractivity contribution >= 4 is 22.6 Å². The summed E-state index contributed by atoms with van der Waals surface area (Å²) in [4.78, 5) is 4.25. The third-order valence-corrected chi connectivity index (χ3v) is 3.81. The predicted octanol–water partition coefficient (Wildman–Crippen LogP) is 3.42. The van der Waals surface area contributed by atoms with Crippen molar-refractivity contribution < 1.29 is 8.78 Å². The molecule has 1 aromatic rings. The molecule has 0 aromatic heterocycles. The first-order chi connectivity index (χ1) is 8.08. The summed E-state index contributed by atoms with van der Waals surface area (Å²) in [5.41, 5.74) is 0.314. The zero-order valence-electron chi connectivity index (χ0n) is 9.76. The third-order valence-electron chi connectivity index (χ3n) is 2.57. The van der Waals surface area contributed by atoms with Crippen LogP contribution in [0.3, 0.4) is 0 Å². The van der Waals surface area contributed by atoms with Gasteiger partial charge in [-0.15, -0.1) is 0 Å². The van der Waals surface area contributed by atoms with Crippen molar-refractivity contribution in [3.63, 3.8) is 0 Å². The number of aliphatic imine (C=N–C) groups is 1. The van der Waals surface area contributed by atoms with Gasteiger partial charge in [0.25, 0.3) is 0 Å². The van der Waals surface area contributed by atoms with Crippen LogP contribution in [0, 0.1) is 24.5 Å². The molecule has 92 valence electrons. The molecule has 1 aliphatic heterocycles. The fraction of sp³-hybridized carbons (Fsp3) is 0.417. The van der Waals surface area contributed by atoms with Crippen molar-refractivity contribution in [3.8, 4) is 0 Å². The molecule has 0 aliphatic carbocycles. The Bertz CT molecular complexity index is 460. The fourth-order valence-electron chi connectivity index (χ4n) is 1.51. The Hall–Kier alpha value is -1.10. The van der Waals surface area contributed by atoms with Crippen molar-refractivity contribution in [2.75, 3.05) is 17.6 Å². The smallest absolute Gasteiger partial charge is 0.161 e. The molecule has 1 aromatic carbocycles. The molecule has 1 N–H and O–H groups in total. The first-order valence-corrected chi connectivity index (χ1v) is 6.45. The largest absolute Gasteiger partial charge is 0.330 e. The average Bonchev–Trinajstić information content (AvgIpc) is 2.32. The molecule has 1 atom stereocenters. The van der Waals surface area contributed by atoms with E-state index < -0.39 is 11.6 Å². The van der Waals surface area contributed by atoms with Crippen LogP contribution in [-0.2, 0) is 0 Å². The molecule has 17 heavy (non-hydrogen) atoms. The van der Waals surface area contributed by atoms with Gasteiger partial charge in [0.15, 0.2) is 11.0 Å². The molecule has 2 rings (SSSR count). The number of thioether (sulfide) groups is 1. The molecule has 0 saturated carbocycles. The maximum Gasteiger partial charge on any atom is 0.161 e. The highest BCUT2D eigenvalue weighted by atomic mass is 32.2. The lowest BCUT2D eigenvalue weighted by atomic mass is 10.2. The SMILES string of the molecule is Cc1ccc(F)c(NC2=NCC(C)CS2)c1F. The quantitative estimate of drug-likeness (QED) is 0.832. The van der Waals surface area contributed by atoms with Crippen LogP contribution in [0.4, 0.5) is 14.5 Å². The zero-order valence-corrected chi connectivity index (χ0v) is 10.6. The molecule has 0 spiro atoms. The van der Waals surface area contributed by atoms with Gasteiger partial charge in [0.1, 0.15) is 11.5 Å². The van der Waals surface area contributed by atoms with Gasteiger partial charge in [-0.3, -0.25) is 4.99 Å². The number of halogens is 2. The summed E-state index contributed by atoms with van der Waals surface area (Å²) in [7, 11) is 0. The van der Waals surface area contributed by atoms with Crippen LogP contribution in [0.15, 0.2) is 17.1 Å². The van der Waals surface area contributed by atoms with Gasteiger partial charge < -0.3 is 5.32 Å². The highest BCUT2D eigenvalue weighted by Gasteiger charge is 2.16. The fourth-order valence-corrected chi connectivity index (χ4v) is 2.40. The van der Waals surface area contributed by atoms with Crippen LogP contribution in [0.25, 0.3) is 0 Å². The van der Waals surface area contributed by atoms with Gasteiger partial charge >= 0.3 is 0 Å². The summed E-state index contributed by atoms with van der Waals surface area (Å²) in [5.74, 6) is 0.292. The molecule has 0 amide bonds. The second kappa shape index (κ2) is 5.04. The van der Waals surface area contributed by atoms with Gasteiger partial charge in [0.2, 0.25) is 0 Å². The maximum absolute atomic E-state index is 13.7. The first kappa shape index (κ1) is 12.4. The average molecular weight is 256 g/mol. The van der Waals surface area contributed by atoms with E-state index in [9.17, 15) is 8.78 Å². The van der Waals surface area contributed by atoms with Crippen LogP contribution < -0.4 is 5.32 Å². The van der Waals surface area contributed by atoms with E-state index in [1.54, 1.807) is 6.92 Å². The van der Waals surface area contributed by atoms with Crippen LogP contribution in [-0.4, -0.2) is 17.5 Å². The summed E-state index contributed by atoms with van der Waals surface area (Å²) in [6.45, 7) is 4.41. The van der Waals surface area contributed by atoms with Crippen LogP contribution in [0.1, 0.15) is 12.5 Å².